The van der Waals surface area contributed by atoms with Gasteiger partial charge in [-0.2, -0.15) is 0 Å². The summed E-state index contributed by atoms with van der Waals surface area (Å²) in [6, 6.07) is 1.39. The molecule has 2 aromatic rings. The minimum absolute atomic E-state index is 0.330. The Morgan fingerprint density at radius 2 is 2.10 bits per heavy atom. The van der Waals surface area contributed by atoms with Gasteiger partial charge >= 0.3 is 0 Å². The van der Waals surface area contributed by atoms with Crippen molar-refractivity contribution in [3.05, 3.63) is 32.6 Å². The smallest absolute Gasteiger partial charge is 0.250 e. The normalized spacial score (nSPS) is 13.5. The lowest BCUT2D eigenvalue weighted by atomic mass is 10.3. The van der Waals surface area contributed by atoms with Gasteiger partial charge in [0, 0.05) is 22.5 Å². The highest BCUT2D eigenvalue weighted by Gasteiger charge is 2.23. The summed E-state index contributed by atoms with van der Waals surface area (Å²) in [6.45, 7) is 6.31. The zero-order valence-corrected chi connectivity index (χ0v) is 14.9. The van der Waals surface area contributed by atoms with E-state index in [0.717, 1.165) is 21.1 Å². The molecule has 2 heterocycles. The molecule has 0 saturated heterocycles. The molecule has 0 aromatic carbocycles. The number of hydrogen-bond donors (Lipinski definition) is 2. The molecular weight excluding hydrogens is 326 g/mol. The zero-order chi connectivity index (χ0) is 15.6. The standard InChI is InChI=1S/C13H19N3O2S3/c1-8-5-12(20-11(8)6-14-4)21(17,18)16-10(3)13-15-9(2)7-19-13/h5,7,10,14,16H,6H2,1-4H3. The molecule has 2 aromatic heterocycles. The fourth-order valence-corrected chi connectivity index (χ4v) is 5.57. The van der Waals surface area contributed by atoms with E-state index in [1.165, 1.54) is 22.7 Å². The van der Waals surface area contributed by atoms with Gasteiger partial charge in [-0.15, -0.1) is 22.7 Å². The summed E-state index contributed by atoms with van der Waals surface area (Å²) in [5, 5.41) is 5.74. The van der Waals surface area contributed by atoms with Gasteiger partial charge in [0.15, 0.2) is 0 Å². The van der Waals surface area contributed by atoms with E-state index in [2.05, 4.69) is 15.0 Å². The van der Waals surface area contributed by atoms with Crippen molar-refractivity contribution in [3.63, 3.8) is 0 Å². The summed E-state index contributed by atoms with van der Waals surface area (Å²) in [7, 11) is -1.67. The van der Waals surface area contributed by atoms with Crippen molar-refractivity contribution in [2.75, 3.05) is 7.05 Å². The van der Waals surface area contributed by atoms with Gasteiger partial charge < -0.3 is 5.32 Å². The minimum atomic E-state index is -3.51. The van der Waals surface area contributed by atoms with Crippen LogP contribution in [0.5, 0.6) is 0 Å². The molecule has 0 bridgehead atoms. The molecule has 8 heteroatoms. The van der Waals surface area contributed by atoms with Crippen LogP contribution in [-0.2, 0) is 16.6 Å². The zero-order valence-electron chi connectivity index (χ0n) is 12.4. The van der Waals surface area contributed by atoms with Crippen LogP contribution in [0.2, 0.25) is 0 Å². The van der Waals surface area contributed by atoms with Crippen molar-refractivity contribution in [2.45, 2.75) is 37.6 Å². The monoisotopic (exact) mass is 345 g/mol. The van der Waals surface area contributed by atoms with Gasteiger partial charge in [0.05, 0.1) is 6.04 Å². The summed E-state index contributed by atoms with van der Waals surface area (Å²) in [5.41, 5.74) is 1.90. The first kappa shape index (κ1) is 16.6. The van der Waals surface area contributed by atoms with Crippen molar-refractivity contribution in [2.24, 2.45) is 0 Å². The van der Waals surface area contributed by atoms with Gasteiger partial charge in [0.25, 0.3) is 10.0 Å². The van der Waals surface area contributed by atoms with Crippen LogP contribution in [0.4, 0.5) is 0 Å². The number of nitrogens with one attached hydrogen (secondary N) is 2. The van der Waals surface area contributed by atoms with Crippen LogP contribution in [0.15, 0.2) is 15.7 Å². The Hall–Kier alpha value is -0.800. The molecule has 2 rings (SSSR count). The van der Waals surface area contributed by atoms with Crippen molar-refractivity contribution in [1.29, 1.82) is 0 Å². The molecule has 0 amide bonds. The molecule has 21 heavy (non-hydrogen) atoms. The molecule has 0 spiro atoms. The minimum Gasteiger partial charge on any atom is -0.315 e. The Bertz CT molecular complexity index is 719. The van der Waals surface area contributed by atoms with Crippen LogP contribution in [-0.4, -0.2) is 20.4 Å². The highest BCUT2D eigenvalue weighted by atomic mass is 32.2. The summed E-state index contributed by atoms with van der Waals surface area (Å²) in [6.07, 6.45) is 0. The predicted molar refractivity (Wildman–Crippen MR) is 87.4 cm³/mol. The number of aryl methyl sites for hydroxylation is 2. The van der Waals surface area contributed by atoms with Gasteiger partial charge in [-0.3, -0.25) is 0 Å². The maximum atomic E-state index is 12.4. The lowest BCUT2D eigenvalue weighted by Gasteiger charge is -2.10. The van der Waals surface area contributed by atoms with Crippen molar-refractivity contribution in [3.8, 4) is 0 Å². The van der Waals surface area contributed by atoms with E-state index in [1.54, 1.807) is 6.07 Å². The summed E-state index contributed by atoms with van der Waals surface area (Å²) in [4.78, 5) is 5.36. The highest BCUT2D eigenvalue weighted by molar-refractivity contribution is 7.91. The van der Waals surface area contributed by atoms with E-state index in [9.17, 15) is 8.42 Å². The van der Waals surface area contributed by atoms with E-state index in [-0.39, 0.29) is 6.04 Å². The van der Waals surface area contributed by atoms with Gasteiger partial charge in [0.2, 0.25) is 0 Å². The quantitative estimate of drug-likeness (QED) is 0.844. The molecule has 2 N–H and O–H groups in total. The Balaban J connectivity index is 2.20. The third-order valence-corrected chi connectivity index (χ3v) is 7.34. The van der Waals surface area contributed by atoms with Gasteiger partial charge in [-0.25, -0.2) is 18.1 Å². The Kier molecular flexibility index (Phi) is 5.15. The highest BCUT2D eigenvalue weighted by Crippen LogP contribution is 2.27. The van der Waals surface area contributed by atoms with Crippen LogP contribution in [0.25, 0.3) is 0 Å². The number of sulfonamides is 1. The molecule has 1 unspecified atom stereocenters. The van der Waals surface area contributed by atoms with E-state index < -0.39 is 10.0 Å². The third kappa shape index (κ3) is 3.89. The predicted octanol–water partition coefficient (Wildman–Crippen LogP) is 2.58. The fraction of sp³-hybridized carbons (Fsp3) is 0.462. The molecule has 0 fully saturated rings. The van der Waals surface area contributed by atoms with E-state index >= 15 is 0 Å². The number of rotatable bonds is 6. The van der Waals surface area contributed by atoms with Gasteiger partial charge in [0.1, 0.15) is 9.22 Å². The number of thiophene rings is 1. The average molecular weight is 346 g/mol. The van der Waals surface area contributed by atoms with E-state index in [4.69, 9.17) is 0 Å². The molecule has 0 aliphatic carbocycles. The Morgan fingerprint density at radius 3 is 2.67 bits per heavy atom. The summed E-state index contributed by atoms with van der Waals surface area (Å²) in [5.74, 6) is 0. The first-order valence-corrected chi connectivity index (χ1v) is 9.69. The number of hydrogen-bond acceptors (Lipinski definition) is 6. The second kappa shape index (κ2) is 6.53. The molecule has 116 valence electrons. The molecule has 1 atom stereocenters. The molecule has 5 nitrogen and oxygen atoms in total. The maximum absolute atomic E-state index is 12.4. The largest absolute Gasteiger partial charge is 0.315 e. The lowest BCUT2D eigenvalue weighted by molar-refractivity contribution is 0.568. The number of thiazole rings is 1. The first-order chi connectivity index (χ1) is 9.83. The summed E-state index contributed by atoms with van der Waals surface area (Å²) < 4.78 is 27.9. The third-order valence-electron chi connectivity index (χ3n) is 2.94. The molecular formula is C13H19N3O2S3. The molecule has 0 aliphatic heterocycles. The SMILES string of the molecule is CNCc1sc(S(=O)(=O)NC(C)c2nc(C)cs2)cc1C. The second-order valence-electron chi connectivity index (χ2n) is 4.87. The van der Waals surface area contributed by atoms with Crippen molar-refractivity contribution < 1.29 is 8.42 Å². The lowest BCUT2D eigenvalue weighted by Crippen LogP contribution is -2.26. The van der Waals surface area contributed by atoms with Crippen LogP contribution in [0, 0.1) is 13.8 Å². The van der Waals surface area contributed by atoms with Crippen LogP contribution >= 0.6 is 22.7 Å². The fourth-order valence-electron chi connectivity index (χ4n) is 1.87. The molecule has 0 aliphatic rings. The second-order valence-corrected chi connectivity index (χ2v) is 8.84. The van der Waals surface area contributed by atoms with Gasteiger partial charge in [-0.1, -0.05) is 0 Å². The van der Waals surface area contributed by atoms with E-state index in [1.807, 2.05) is 33.2 Å². The topological polar surface area (TPSA) is 71.1 Å². The average Bonchev–Trinajstić information content (AvgIpc) is 2.97. The van der Waals surface area contributed by atoms with Crippen LogP contribution < -0.4 is 10.0 Å². The van der Waals surface area contributed by atoms with Gasteiger partial charge in [-0.05, 0) is 39.4 Å². The number of nitrogens with zero attached hydrogens (tertiary/aromatic N) is 1. The Labute approximate surface area is 133 Å². The van der Waals surface area contributed by atoms with Crippen LogP contribution in [0.3, 0.4) is 0 Å². The summed E-state index contributed by atoms with van der Waals surface area (Å²) >= 11 is 2.77. The van der Waals surface area contributed by atoms with Crippen LogP contribution in [0.1, 0.15) is 34.1 Å². The Morgan fingerprint density at radius 1 is 1.38 bits per heavy atom. The number of aromatic nitrogens is 1. The molecule has 0 saturated carbocycles. The maximum Gasteiger partial charge on any atom is 0.250 e. The molecule has 0 radical (unpaired) electrons. The first-order valence-electron chi connectivity index (χ1n) is 6.51. The van der Waals surface area contributed by atoms with Crippen molar-refractivity contribution >= 4 is 32.7 Å². The van der Waals surface area contributed by atoms with Crippen molar-refractivity contribution in [1.82, 2.24) is 15.0 Å². The van der Waals surface area contributed by atoms with E-state index in [0.29, 0.717) is 10.8 Å².